The number of cyclic esters (lactones) is 1. The van der Waals surface area contributed by atoms with Crippen LogP contribution in [0.2, 0.25) is 0 Å². The Hall–Kier alpha value is -2.68. The van der Waals surface area contributed by atoms with Crippen molar-refractivity contribution in [2.75, 3.05) is 13.2 Å². The summed E-state index contributed by atoms with van der Waals surface area (Å²) < 4.78 is 51.8. The number of hydrogen-bond acceptors (Lipinski definition) is 16. The largest absolute Gasteiger partial charge is 0.472 e. The number of esters is 2. The molecule has 10 N–H and O–H groups in total. The third kappa shape index (κ3) is 26.9. The molecule has 0 aromatic carbocycles. The zero-order valence-electron chi connectivity index (χ0n) is 40.7. The second-order valence-corrected chi connectivity index (χ2v) is 20.4. The van der Waals surface area contributed by atoms with Crippen LogP contribution in [0.3, 0.4) is 0 Å². The standard InChI is InChI=1S/C49H82O19P2/c1-3-5-7-8-9-10-11-12-13-14-15-16-17-18-19-20-21-22-24-29-42(53)64-34-37-35-65-70(62,63)68-49-47(58)46(57)44(55)38(28-25-26-30-43(54)66-37)40(51)33-41(52)39(32-31-36(50)27-23-6-4-2)45(56)48(49)67-69(59,60)61/h5,7,9-10,12-13,15-16,25-26,31-32,36-41,44-52,55-58H,3-4,6,8,11,14,17-24,27-30,33-35H2,1-2H3,(H,62,63)(H2,59,60,61)/b7-5-,10-9-,13-12-,16-15-,26-25-,32-31-/t36-,37-,38-,39+,40+,41-,44-,45-,46+,47-,48-,49+/m1/s1. The molecule has 21 heteroatoms. The number of phosphoric ester groups is 2. The highest BCUT2D eigenvalue weighted by molar-refractivity contribution is 7.47. The predicted octanol–water partition coefficient (Wildman–Crippen LogP) is 6.00. The molecule has 1 unspecified atom stereocenters. The number of carbonyl (C=O) groups is 2. The highest BCUT2D eigenvalue weighted by Crippen LogP contribution is 2.50. The van der Waals surface area contributed by atoms with E-state index in [1.165, 1.54) is 18.2 Å². The smallest absolute Gasteiger partial charge is 0.462 e. The van der Waals surface area contributed by atoms with E-state index in [-0.39, 0.29) is 19.3 Å². The van der Waals surface area contributed by atoms with Crippen molar-refractivity contribution in [2.45, 2.75) is 197 Å². The number of aliphatic hydroxyl groups is 7. The first-order valence-electron chi connectivity index (χ1n) is 24.7. The van der Waals surface area contributed by atoms with Crippen molar-refractivity contribution in [3.8, 4) is 0 Å². The Balaban J connectivity index is 2.17. The van der Waals surface area contributed by atoms with E-state index >= 15 is 0 Å². The summed E-state index contributed by atoms with van der Waals surface area (Å²) in [5.74, 6) is -4.76. The van der Waals surface area contributed by atoms with Gasteiger partial charge in [0.15, 0.2) is 6.10 Å². The molecule has 2 bridgehead atoms. The van der Waals surface area contributed by atoms with Crippen LogP contribution >= 0.6 is 15.6 Å². The minimum atomic E-state index is -5.76. The van der Waals surface area contributed by atoms with Gasteiger partial charge in [-0.25, -0.2) is 9.13 Å². The van der Waals surface area contributed by atoms with Crippen molar-refractivity contribution in [2.24, 2.45) is 11.8 Å². The lowest BCUT2D eigenvalue weighted by Gasteiger charge is -2.38. The average molecular weight is 1040 g/mol. The van der Waals surface area contributed by atoms with Gasteiger partial charge in [-0.15, -0.1) is 0 Å². The summed E-state index contributed by atoms with van der Waals surface area (Å²) in [5.41, 5.74) is 0. The lowest BCUT2D eigenvalue weighted by Crippen LogP contribution is -2.56. The van der Waals surface area contributed by atoms with Gasteiger partial charge in [-0.05, 0) is 57.8 Å². The van der Waals surface area contributed by atoms with Gasteiger partial charge in [0.2, 0.25) is 0 Å². The van der Waals surface area contributed by atoms with Crippen molar-refractivity contribution < 1.29 is 92.2 Å². The molecule has 1 fully saturated rings. The summed E-state index contributed by atoms with van der Waals surface area (Å²) in [4.78, 5) is 56.5. The molecule has 2 aliphatic rings. The lowest BCUT2D eigenvalue weighted by molar-refractivity contribution is -0.165. The van der Waals surface area contributed by atoms with Crippen molar-refractivity contribution in [3.63, 3.8) is 0 Å². The fourth-order valence-electron chi connectivity index (χ4n) is 7.93. The van der Waals surface area contributed by atoms with Crippen LogP contribution in [0.25, 0.3) is 0 Å². The molecular formula is C49H82O19P2. The summed E-state index contributed by atoms with van der Waals surface area (Å²) in [6, 6.07) is 0. The van der Waals surface area contributed by atoms with Crippen LogP contribution in [-0.4, -0.2) is 137 Å². The zero-order chi connectivity index (χ0) is 52.0. The minimum absolute atomic E-state index is 0.0283. The van der Waals surface area contributed by atoms with E-state index in [2.05, 4.69) is 55.5 Å². The zero-order valence-corrected chi connectivity index (χ0v) is 42.5. The number of carbonyl (C=O) groups excluding carboxylic acids is 2. The molecule has 13 atom stereocenters. The molecule has 1 heterocycles. The van der Waals surface area contributed by atoms with Crippen LogP contribution in [0.15, 0.2) is 72.9 Å². The van der Waals surface area contributed by atoms with Gasteiger partial charge in [-0.3, -0.25) is 23.2 Å². The van der Waals surface area contributed by atoms with Gasteiger partial charge < -0.3 is 59.9 Å². The average Bonchev–Trinajstić information content (AvgIpc) is 3.30. The molecule has 0 amide bonds. The van der Waals surface area contributed by atoms with E-state index in [0.29, 0.717) is 12.8 Å². The Morgan fingerprint density at radius 3 is 2.09 bits per heavy atom. The molecule has 1 aliphatic heterocycles. The monoisotopic (exact) mass is 1040 g/mol. The van der Waals surface area contributed by atoms with Crippen LogP contribution in [0, 0.1) is 11.8 Å². The van der Waals surface area contributed by atoms with Gasteiger partial charge in [0.1, 0.15) is 31.0 Å². The Bertz CT molecular complexity index is 1750. The number of fused-ring (bicyclic) bond motifs is 4. The van der Waals surface area contributed by atoms with Gasteiger partial charge in [-0.2, -0.15) is 0 Å². The van der Waals surface area contributed by atoms with Crippen molar-refractivity contribution >= 4 is 27.6 Å². The summed E-state index contributed by atoms with van der Waals surface area (Å²) in [5, 5.41) is 79.3. The minimum Gasteiger partial charge on any atom is -0.462 e. The van der Waals surface area contributed by atoms with E-state index in [4.69, 9.17) is 23.0 Å². The second-order valence-electron chi connectivity index (χ2n) is 17.8. The maximum Gasteiger partial charge on any atom is 0.472 e. The first-order valence-corrected chi connectivity index (χ1v) is 27.8. The molecule has 0 spiro atoms. The van der Waals surface area contributed by atoms with Crippen molar-refractivity contribution in [1.82, 2.24) is 0 Å². The molecule has 1 saturated carbocycles. The Kier molecular flexibility index (Phi) is 32.1. The molecule has 1 aliphatic carbocycles. The number of ether oxygens (including phenoxy) is 2. The van der Waals surface area contributed by atoms with Gasteiger partial charge >= 0.3 is 27.6 Å². The van der Waals surface area contributed by atoms with E-state index in [1.54, 1.807) is 0 Å². The first-order chi connectivity index (χ1) is 33.3. The van der Waals surface area contributed by atoms with Crippen LogP contribution in [0.4, 0.5) is 0 Å². The number of hydrogen-bond donors (Lipinski definition) is 10. The van der Waals surface area contributed by atoms with Crippen LogP contribution in [0.1, 0.15) is 136 Å². The molecule has 0 aromatic heterocycles. The van der Waals surface area contributed by atoms with E-state index in [0.717, 1.165) is 83.1 Å². The number of aliphatic hydroxyl groups excluding tert-OH is 7. The van der Waals surface area contributed by atoms with Crippen LogP contribution in [0.5, 0.6) is 0 Å². The maximum absolute atomic E-state index is 13.6. The topological polar surface area (TPSA) is 317 Å². The summed E-state index contributed by atoms with van der Waals surface area (Å²) in [6.45, 7) is 2.42. The second kappa shape index (κ2) is 35.5. The molecule has 70 heavy (non-hydrogen) atoms. The van der Waals surface area contributed by atoms with Gasteiger partial charge in [0.25, 0.3) is 0 Å². The van der Waals surface area contributed by atoms with Crippen molar-refractivity contribution in [3.05, 3.63) is 72.9 Å². The third-order valence-electron chi connectivity index (χ3n) is 11.9. The highest BCUT2D eigenvalue weighted by Gasteiger charge is 2.51. The fourth-order valence-corrected chi connectivity index (χ4v) is 9.46. The van der Waals surface area contributed by atoms with Crippen LogP contribution in [-0.2, 0) is 41.8 Å². The molecular weight excluding hydrogens is 954 g/mol. The number of allylic oxidation sites excluding steroid dienone is 9. The van der Waals surface area contributed by atoms with Gasteiger partial charge in [0, 0.05) is 24.7 Å². The van der Waals surface area contributed by atoms with E-state index in [9.17, 15) is 69.1 Å². The van der Waals surface area contributed by atoms with Crippen molar-refractivity contribution in [1.29, 1.82) is 0 Å². The first kappa shape index (κ1) is 63.4. The normalized spacial score (nSPS) is 31.3. The molecule has 0 aromatic rings. The molecule has 19 nitrogen and oxygen atoms in total. The molecule has 0 radical (unpaired) electrons. The Morgan fingerprint density at radius 2 is 1.44 bits per heavy atom. The summed E-state index contributed by atoms with van der Waals surface area (Å²) in [7, 11) is -11.4. The Morgan fingerprint density at radius 1 is 0.814 bits per heavy atom. The summed E-state index contributed by atoms with van der Waals surface area (Å²) >= 11 is 0. The Labute approximate surface area is 413 Å². The van der Waals surface area contributed by atoms with Crippen LogP contribution < -0.4 is 0 Å². The number of rotatable bonds is 26. The quantitative estimate of drug-likeness (QED) is 0.0206. The van der Waals surface area contributed by atoms with Gasteiger partial charge in [-0.1, -0.05) is 132 Å². The summed E-state index contributed by atoms with van der Waals surface area (Å²) in [6.07, 6.45) is 12.1. The third-order valence-corrected chi connectivity index (χ3v) is 13.4. The highest BCUT2D eigenvalue weighted by atomic mass is 31.2. The molecule has 0 saturated heterocycles. The SMILES string of the molecule is CC/C=C\C/C=C\C/C=C\C/C=C\CCCCCCCCC(=O)OC[C@@H]1COP(=O)(O)O[C@H]2[C@H](O)[C@@H](O)[C@H](O)[C@H](C/C=C\CC(=O)O1)[C@@H](O)C[C@@H](O)[C@H](/C=C\[C@H](O)CCCCC)[C@@H](O)[C@H]2OP(=O)(O)O. The maximum atomic E-state index is 13.6. The van der Waals surface area contributed by atoms with E-state index < -0.39 is 127 Å². The van der Waals surface area contributed by atoms with E-state index in [1.807, 2.05) is 6.92 Å². The number of phosphoric acid groups is 2. The van der Waals surface area contributed by atoms with Gasteiger partial charge in [0.05, 0.1) is 43.5 Å². The predicted molar refractivity (Wildman–Crippen MR) is 261 cm³/mol. The fraction of sp³-hybridized carbons (Fsp3) is 0.714. The molecule has 402 valence electrons. The number of unbranched alkanes of at least 4 members (excludes halogenated alkanes) is 8. The molecule has 2 rings (SSSR count). The lowest BCUT2D eigenvalue weighted by atomic mass is 9.83.